The molecule has 0 bridgehead atoms. The van der Waals surface area contributed by atoms with Crippen molar-refractivity contribution in [2.75, 3.05) is 0 Å². The molecule has 1 N–H and O–H groups in total. The van der Waals surface area contributed by atoms with Gasteiger partial charge in [0.25, 0.3) is 0 Å². The molecule has 0 saturated carbocycles. The monoisotopic (exact) mass is 335 g/mol. The van der Waals surface area contributed by atoms with Gasteiger partial charge in [0, 0.05) is 28.1 Å². The van der Waals surface area contributed by atoms with Crippen molar-refractivity contribution in [3.8, 4) is 0 Å². The SMILES string of the molecule is C[C@@H](C(=O)NCc1ccccc1)[S@](=O)Cc1ccc(Cl)cc1. The van der Waals surface area contributed by atoms with Crippen LogP contribution in [0.2, 0.25) is 5.02 Å². The highest BCUT2D eigenvalue weighted by Crippen LogP contribution is 2.12. The van der Waals surface area contributed by atoms with Crippen LogP contribution in [0.25, 0.3) is 0 Å². The highest BCUT2D eigenvalue weighted by Gasteiger charge is 2.19. The molecule has 2 aromatic carbocycles. The molecule has 5 heteroatoms. The van der Waals surface area contributed by atoms with E-state index >= 15 is 0 Å². The normalized spacial score (nSPS) is 13.4. The first-order valence-corrected chi connectivity index (χ1v) is 8.75. The number of rotatable bonds is 6. The molecule has 0 spiro atoms. The lowest BCUT2D eigenvalue weighted by Gasteiger charge is -2.12. The summed E-state index contributed by atoms with van der Waals surface area (Å²) in [6.45, 7) is 2.13. The molecule has 0 fully saturated rings. The van der Waals surface area contributed by atoms with Crippen molar-refractivity contribution in [3.05, 3.63) is 70.7 Å². The van der Waals surface area contributed by atoms with Crippen molar-refractivity contribution < 1.29 is 9.00 Å². The zero-order valence-electron chi connectivity index (χ0n) is 12.3. The van der Waals surface area contributed by atoms with E-state index in [1.807, 2.05) is 42.5 Å². The van der Waals surface area contributed by atoms with E-state index in [0.717, 1.165) is 11.1 Å². The third-order valence-electron chi connectivity index (χ3n) is 3.30. The second kappa shape index (κ2) is 8.11. The van der Waals surface area contributed by atoms with Gasteiger partial charge in [-0.05, 0) is 30.2 Å². The van der Waals surface area contributed by atoms with Crippen LogP contribution < -0.4 is 5.32 Å². The molecule has 2 aromatic rings. The van der Waals surface area contributed by atoms with Crippen LogP contribution in [0.15, 0.2) is 54.6 Å². The van der Waals surface area contributed by atoms with Crippen LogP contribution in [0.1, 0.15) is 18.1 Å². The molecule has 0 aliphatic carbocycles. The van der Waals surface area contributed by atoms with Crippen LogP contribution in [0.5, 0.6) is 0 Å². The topological polar surface area (TPSA) is 46.2 Å². The predicted molar refractivity (Wildman–Crippen MR) is 91.0 cm³/mol. The third-order valence-corrected chi connectivity index (χ3v) is 5.17. The lowest BCUT2D eigenvalue weighted by Crippen LogP contribution is -2.35. The second-order valence-corrected chi connectivity index (χ2v) is 7.19. The standard InChI is InChI=1S/C17H18ClNO2S/c1-13(17(20)19-11-14-5-3-2-4-6-14)22(21)12-15-7-9-16(18)10-8-15/h2-10,13H,11-12H2,1H3,(H,19,20)/t13-,22+/m0/s1. The average Bonchev–Trinajstić information content (AvgIpc) is 2.55. The molecule has 0 heterocycles. The second-order valence-electron chi connectivity index (χ2n) is 5.00. The molecular formula is C17H18ClNO2S. The minimum absolute atomic E-state index is 0.198. The molecule has 0 unspecified atom stereocenters. The Morgan fingerprint density at radius 3 is 2.36 bits per heavy atom. The minimum atomic E-state index is -1.27. The Morgan fingerprint density at radius 2 is 1.73 bits per heavy atom. The van der Waals surface area contributed by atoms with Crippen molar-refractivity contribution in [1.29, 1.82) is 0 Å². The van der Waals surface area contributed by atoms with Crippen LogP contribution in [0.3, 0.4) is 0 Å². The molecule has 0 saturated heterocycles. The van der Waals surface area contributed by atoms with Crippen LogP contribution in [0.4, 0.5) is 0 Å². The van der Waals surface area contributed by atoms with Gasteiger partial charge < -0.3 is 5.32 Å². The Labute approximate surface area is 138 Å². The van der Waals surface area contributed by atoms with E-state index in [9.17, 15) is 9.00 Å². The molecule has 1 amide bonds. The van der Waals surface area contributed by atoms with Crippen LogP contribution in [-0.4, -0.2) is 15.4 Å². The van der Waals surface area contributed by atoms with E-state index in [0.29, 0.717) is 17.3 Å². The van der Waals surface area contributed by atoms with Crippen molar-refractivity contribution in [1.82, 2.24) is 5.32 Å². The van der Waals surface area contributed by atoms with Gasteiger partial charge in [0.2, 0.25) is 5.91 Å². The highest BCUT2D eigenvalue weighted by molar-refractivity contribution is 7.85. The fourth-order valence-electron chi connectivity index (χ4n) is 1.92. The quantitative estimate of drug-likeness (QED) is 0.880. The number of hydrogen-bond donors (Lipinski definition) is 1. The number of hydrogen-bond acceptors (Lipinski definition) is 2. The summed E-state index contributed by atoms with van der Waals surface area (Å²) in [5, 5.41) is 2.91. The molecule has 0 aliphatic rings. The van der Waals surface area contributed by atoms with Gasteiger partial charge in [-0.15, -0.1) is 0 Å². The number of carbonyl (C=O) groups is 1. The average molecular weight is 336 g/mol. The zero-order valence-corrected chi connectivity index (χ0v) is 13.9. The minimum Gasteiger partial charge on any atom is -0.351 e. The van der Waals surface area contributed by atoms with Crippen LogP contribution in [0, 0.1) is 0 Å². The predicted octanol–water partition coefficient (Wildman–Crippen LogP) is 3.29. The van der Waals surface area contributed by atoms with Crippen molar-refractivity contribution in [2.45, 2.75) is 24.5 Å². The van der Waals surface area contributed by atoms with Crippen molar-refractivity contribution >= 4 is 28.3 Å². The summed E-state index contributed by atoms with van der Waals surface area (Å²) >= 11 is 5.82. The zero-order chi connectivity index (χ0) is 15.9. The Balaban J connectivity index is 1.86. The number of nitrogens with one attached hydrogen (secondary N) is 1. The van der Waals surface area contributed by atoms with E-state index in [1.54, 1.807) is 19.1 Å². The molecule has 0 aromatic heterocycles. The summed E-state index contributed by atoms with van der Waals surface area (Å²) in [4.78, 5) is 12.1. The van der Waals surface area contributed by atoms with Gasteiger partial charge in [0.05, 0.1) is 0 Å². The molecule has 0 radical (unpaired) electrons. The van der Waals surface area contributed by atoms with E-state index in [-0.39, 0.29) is 5.91 Å². The van der Waals surface area contributed by atoms with Gasteiger partial charge >= 0.3 is 0 Å². The van der Waals surface area contributed by atoms with E-state index in [2.05, 4.69) is 5.32 Å². The van der Waals surface area contributed by atoms with Gasteiger partial charge in [0.15, 0.2) is 0 Å². The van der Waals surface area contributed by atoms with Crippen LogP contribution >= 0.6 is 11.6 Å². The number of benzene rings is 2. The molecule has 116 valence electrons. The molecular weight excluding hydrogens is 318 g/mol. The largest absolute Gasteiger partial charge is 0.351 e. The number of halogens is 1. The lowest BCUT2D eigenvalue weighted by molar-refractivity contribution is -0.120. The number of carbonyl (C=O) groups excluding carboxylic acids is 1. The Hall–Kier alpha value is -1.65. The van der Waals surface area contributed by atoms with Gasteiger partial charge in [-0.1, -0.05) is 54.1 Å². The van der Waals surface area contributed by atoms with Crippen molar-refractivity contribution in [2.24, 2.45) is 0 Å². The van der Waals surface area contributed by atoms with E-state index < -0.39 is 16.0 Å². The third kappa shape index (κ3) is 4.97. The fourth-order valence-corrected chi connectivity index (χ4v) is 3.14. The Morgan fingerprint density at radius 1 is 1.09 bits per heavy atom. The van der Waals surface area contributed by atoms with Gasteiger partial charge in [-0.2, -0.15) is 0 Å². The first kappa shape index (κ1) is 16.7. The van der Waals surface area contributed by atoms with Gasteiger partial charge in [-0.25, -0.2) is 0 Å². The summed E-state index contributed by atoms with van der Waals surface area (Å²) in [7, 11) is -1.27. The summed E-state index contributed by atoms with van der Waals surface area (Å²) in [5.74, 6) is 0.146. The Bertz CT molecular complexity index is 643. The fraction of sp³-hybridized carbons (Fsp3) is 0.235. The maximum atomic E-state index is 12.3. The first-order valence-electron chi connectivity index (χ1n) is 6.99. The Kier molecular flexibility index (Phi) is 6.16. The molecule has 0 aliphatic heterocycles. The molecule has 22 heavy (non-hydrogen) atoms. The van der Waals surface area contributed by atoms with Crippen LogP contribution in [-0.2, 0) is 27.9 Å². The molecule has 2 rings (SSSR count). The van der Waals surface area contributed by atoms with Crippen molar-refractivity contribution in [3.63, 3.8) is 0 Å². The smallest absolute Gasteiger partial charge is 0.235 e. The lowest BCUT2D eigenvalue weighted by atomic mass is 10.2. The van der Waals surface area contributed by atoms with E-state index in [1.165, 1.54) is 0 Å². The maximum Gasteiger partial charge on any atom is 0.235 e. The summed E-state index contributed by atoms with van der Waals surface area (Å²) in [5.41, 5.74) is 1.93. The van der Waals surface area contributed by atoms with Gasteiger partial charge in [0.1, 0.15) is 5.25 Å². The molecule has 2 atom stereocenters. The molecule has 3 nitrogen and oxygen atoms in total. The number of amides is 1. The highest BCUT2D eigenvalue weighted by atomic mass is 35.5. The van der Waals surface area contributed by atoms with E-state index in [4.69, 9.17) is 11.6 Å². The summed E-state index contributed by atoms with van der Waals surface area (Å²) in [6, 6.07) is 16.8. The van der Waals surface area contributed by atoms with Gasteiger partial charge in [-0.3, -0.25) is 9.00 Å². The summed E-state index contributed by atoms with van der Waals surface area (Å²) < 4.78 is 12.3. The maximum absolute atomic E-state index is 12.3. The summed E-state index contributed by atoms with van der Waals surface area (Å²) in [6.07, 6.45) is 0. The first-order chi connectivity index (χ1) is 10.6.